The zero-order valence-corrected chi connectivity index (χ0v) is 13.1. The lowest BCUT2D eigenvalue weighted by Crippen LogP contribution is -2.33. The summed E-state index contributed by atoms with van der Waals surface area (Å²) in [7, 11) is 0. The van der Waals surface area contributed by atoms with Crippen LogP contribution in [0.3, 0.4) is 0 Å². The van der Waals surface area contributed by atoms with Crippen LogP contribution in [0.25, 0.3) is 21.6 Å². The van der Waals surface area contributed by atoms with Gasteiger partial charge in [0.25, 0.3) is 0 Å². The Morgan fingerprint density at radius 3 is 2.79 bits per heavy atom. The fourth-order valence-electron chi connectivity index (χ4n) is 2.94. The summed E-state index contributed by atoms with van der Waals surface area (Å²) >= 11 is 1.43. The minimum atomic E-state index is -1.31. The maximum atomic E-state index is 14.6. The average molecular weight is 351 g/mol. The normalized spacial score (nSPS) is 27.2. The lowest BCUT2D eigenvalue weighted by Gasteiger charge is -2.17. The van der Waals surface area contributed by atoms with Gasteiger partial charge in [0.15, 0.2) is 12.0 Å². The van der Waals surface area contributed by atoms with Gasteiger partial charge in [0.1, 0.15) is 30.3 Å². The van der Waals surface area contributed by atoms with Gasteiger partial charge in [-0.3, -0.25) is 0 Å². The zero-order valence-electron chi connectivity index (χ0n) is 12.3. The second kappa shape index (κ2) is 5.87. The molecule has 3 aromatic rings. The summed E-state index contributed by atoms with van der Waals surface area (Å²) in [5.41, 5.74) is 0.707. The molecule has 0 amide bonds. The molecule has 3 aromatic heterocycles. The van der Waals surface area contributed by atoms with Gasteiger partial charge < -0.3 is 24.6 Å². The third-order valence-corrected chi connectivity index (χ3v) is 4.99. The summed E-state index contributed by atoms with van der Waals surface area (Å²) in [5.74, 6) is -0.549. The van der Waals surface area contributed by atoms with E-state index in [0.717, 1.165) is 11.1 Å². The first-order valence-corrected chi connectivity index (χ1v) is 8.17. The van der Waals surface area contributed by atoms with E-state index in [1.165, 1.54) is 22.2 Å². The van der Waals surface area contributed by atoms with Crippen molar-refractivity contribution in [3.05, 3.63) is 35.9 Å². The number of ether oxygens (including phenoxy) is 1. The number of rotatable bonds is 3. The Morgan fingerprint density at radius 1 is 1.29 bits per heavy atom. The first-order chi connectivity index (χ1) is 11.6. The fraction of sp³-hybridized carbons (Fsp3) is 0.333. The van der Waals surface area contributed by atoms with E-state index < -0.39 is 37.0 Å². The zero-order chi connectivity index (χ0) is 16.8. The molecule has 1 saturated heterocycles. The van der Waals surface area contributed by atoms with Gasteiger partial charge in [0, 0.05) is 6.20 Å². The van der Waals surface area contributed by atoms with Crippen LogP contribution in [0.5, 0.6) is 0 Å². The molecule has 4 heterocycles. The van der Waals surface area contributed by atoms with Crippen LogP contribution < -0.4 is 0 Å². The van der Waals surface area contributed by atoms with Gasteiger partial charge in [0.2, 0.25) is 0 Å². The fourth-order valence-corrected chi connectivity index (χ4v) is 3.67. The maximum absolute atomic E-state index is 14.6. The Kier molecular flexibility index (Phi) is 3.82. The Bertz CT molecular complexity index is 869. The number of halogens is 1. The maximum Gasteiger partial charge on any atom is 0.164 e. The van der Waals surface area contributed by atoms with Gasteiger partial charge in [0.05, 0.1) is 22.6 Å². The molecule has 0 spiro atoms. The van der Waals surface area contributed by atoms with Gasteiger partial charge in [-0.25, -0.2) is 14.4 Å². The molecule has 0 aromatic carbocycles. The van der Waals surface area contributed by atoms with Crippen LogP contribution in [0, 0.1) is 5.82 Å². The van der Waals surface area contributed by atoms with Crippen LogP contribution >= 0.6 is 11.3 Å². The number of hydrogen-bond acceptors (Lipinski definition) is 7. The molecular weight excluding hydrogens is 337 g/mol. The molecule has 0 saturated carbocycles. The number of nitrogens with zero attached hydrogens (tertiary/aromatic N) is 3. The van der Waals surface area contributed by atoms with Crippen LogP contribution in [0.4, 0.5) is 4.39 Å². The van der Waals surface area contributed by atoms with Crippen molar-refractivity contribution in [1.29, 1.82) is 0 Å². The number of aromatic nitrogens is 3. The highest BCUT2D eigenvalue weighted by atomic mass is 32.1. The van der Waals surface area contributed by atoms with Crippen molar-refractivity contribution in [2.24, 2.45) is 0 Å². The molecular formula is C15H14FN3O4S. The second-order valence-corrected chi connectivity index (χ2v) is 6.46. The van der Waals surface area contributed by atoms with Crippen molar-refractivity contribution >= 4 is 22.4 Å². The molecule has 4 rings (SSSR count). The minimum absolute atomic E-state index is 0.220. The van der Waals surface area contributed by atoms with E-state index in [1.54, 1.807) is 0 Å². The predicted molar refractivity (Wildman–Crippen MR) is 83.8 cm³/mol. The quantitative estimate of drug-likeness (QED) is 0.649. The largest absolute Gasteiger partial charge is 0.394 e. The van der Waals surface area contributed by atoms with Gasteiger partial charge in [-0.2, -0.15) is 0 Å². The highest BCUT2D eigenvalue weighted by Gasteiger charge is 2.44. The van der Waals surface area contributed by atoms with Crippen molar-refractivity contribution < 1.29 is 24.4 Å². The third-order valence-electron chi connectivity index (χ3n) is 4.11. The first kappa shape index (κ1) is 15.6. The summed E-state index contributed by atoms with van der Waals surface area (Å²) in [6.07, 6.45) is -2.08. The summed E-state index contributed by atoms with van der Waals surface area (Å²) in [6.45, 7) is -0.453. The number of aliphatic hydroxyl groups excluding tert-OH is 3. The van der Waals surface area contributed by atoms with Gasteiger partial charge in [-0.1, -0.05) is 6.07 Å². The van der Waals surface area contributed by atoms with Crippen LogP contribution in [0.15, 0.2) is 30.0 Å². The molecule has 0 bridgehead atoms. The SMILES string of the molecule is OC[C@H]1O[C@@H](n2cc(F)c3c(-c4cccs4)ncnc32)C(O)[C@@H]1O. The lowest BCUT2D eigenvalue weighted by molar-refractivity contribution is -0.0510. The molecule has 1 fully saturated rings. The molecule has 3 N–H and O–H groups in total. The van der Waals surface area contributed by atoms with E-state index in [4.69, 9.17) is 4.74 Å². The Morgan fingerprint density at radius 2 is 2.12 bits per heavy atom. The monoisotopic (exact) mass is 351 g/mol. The van der Waals surface area contributed by atoms with Crippen molar-refractivity contribution in [1.82, 2.24) is 14.5 Å². The van der Waals surface area contributed by atoms with Gasteiger partial charge in [-0.15, -0.1) is 11.3 Å². The summed E-state index contributed by atoms with van der Waals surface area (Å²) in [6, 6.07) is 3.67. The van der Waals surface area contributed by atoms with Gasteiger partial charge in [-0.05, 0) is 11.4 Å². The van der Waals surface area contributed by atoms with E-state index in [0.29, 0.717) is 5.69 Å². The van der Waals surface area contributed by atoms with Crippen LogP contribution in [-0.2, 0) is 4.74 Å². The van der Waals surface area contributed by atoms with Crippen molar-refractivity contribution in [2.45, 2.75) is 24.5 Å². The third kappa shape index (κ3) is 2.25. The van der Waals surface area contributed by atoms with Crippen LogP contribution in [0.2, 0.25) is 0 Å². The second-order valence-electron chi connectivity index (χ2n) is 5.51. The molecule has 4 atom stereocenters. The number of aliphatic hydroxyl groups is 3. The van der Waals surface area contributed by atoms with E-state index >= 15 is 0 Å². The first-order valence-electron chi connectivity index (χ1n) is 7.29. The molecule has 126 valence electrons. The van der Waals surface area contributed by atoms with Crippen LogP contribution in [0.1, 0.15) is 6.23 Å². The van der Waals surface area contributed by atoms with E-state index in [1.807, 2.05) is 17.5 Å². The molecule has 1 aliphatic rings. The Hall–Kier alpha value is -1.91. The highest BCUT2D eigenvalue weighted by Crippen LogP contribution is 2.36. The molecule has 1 unspecified atom stereocenters. The predicted octanol–water partition coefficient (Wildman–Crippen LogP) is 0.910. The van der Waals surface area contributed by atoms with Gasteiger partial charge >= 0.3 is 0 Å². The average Bonchev–Trinajstić information content (AvgIpc) is 3.29. The van der Waals surface area contributed by atoms with Crippen molar-refractivity contribution in [3.8, 4) is 10.6 Å². The topological polar surface area (TPSA) is 101 Å². The molecule has 1 aliphatic heterocycles. The lowest BCUT2D eigenvalue weighted by atomic mass is 10.1. The van der Waals surface area contributed by atoms with E-state index in [9.17, 15) is 19.7 Å². The molecule has 0 radical (unpaired) electrons. The molecule has 24 heavy (non-hydrogen) atoms. The van der Waals surface area contributed by atoms with E-state index in [-0.39, 0.29) is 11.0 Å². The van der Waals surface area contributed by atoms with Crippen molar-refractivity contribution in [3.63, 3.8) is 0 Å². The van der Waals surface area contributed by atoms with E-state index in [2.05, 4.69) is 9.97 Å². The minimum Gasteiger partial charge on any atom is -0.394 e. The molecule has 9 heteroatoms. The summed E-state index contributed by atoms with van der Waals surface area (Å²) < 4.78 is 21.4. The number of hydrogen-bond donors (Lipinski definition) is 3. The van der Waals surface area contributed by atoms with Crippen LogP contribution in [-0.4, -0.2) is 54.8 Å². The number of thiophene rings is 1. The Labute approximate surface area is 139 Å². The van der Waals surface area contributed by atoms with Crippen molar-refractivity contribution in [2.75, 3.05) is 6.61 Å². The highest BCUT2D eigenvalue weighted by molar-refractivity contribution is 7.13. The summed E-state index contributed by atoms with van der Waals surface area (Å²) in [5, 5.41) is 31.4. The standard InChI is InChI=1S/C15H14FN3O4S/c16-7-4-19(15-13(22)12(21)8(5-20)23-15)14-10(7)11(17-6-18-14)9-2-1-3-24-9/h1-4,6,8,12-13,15,20-22H,5H2/t8-,12-,13?,15-/m1/s1. The molecule has 0 aliphatic carbocycles. The smallest absolute Gasteiger partial charge is 0.164 e. The number of fused-ring (bicyclic) bond motifs is 1. The Balaban J connectivity index is 1.86. The molecule has 7 nitrogen and oxygen atoms in total. The summed E-state index contributed by atoms with van der Waals surface area (Å²) in [4.78, 5) is 9.07.